The van der Waals surface area contributed by atoms with Crippen LogP contribution in [0.3, 0.4) is 0 Å². The molecule has 2 aliphatic carbocycles. The van der Waals surface area contributed by atoms with Gasteiger partial charge in [0.1, 0.15) is 20.2 Å². The zero-order valence-corrected chi connectivity index (χ0v) is 19.3. The van der Waals surface area contributed by atoms with Crippen molar-refractivity contribution < 1.29 is 19.4 Å². The van der Waals surface area contributed by atoms with E-state index in [4.69, 9.17) is 9.47 Å². The molecule has 5 heteroatoms. The van der Waals surface area contributed by atoms with Crippen molar-refractivity contribution in [1.29, 1.82) is 0 Å². The number of fused-ring (bicyclic) bond motifs is 2. The summed E-state index contributed by atoms with van der Waals surface area (Å²) in [5.74, 6) is -0.0972. The molecule has 1 fully saturated rings. The zero-order valence-electron chi connectivity index (χ0n) is 19.3. The highest BCUT2D eigenvalue weighted by Gasteiger charge is 2.60. The maximum Gasteiger partial charge on any atom is 0.307 e. The topological polar surface area (TPSA) is 55.8 Å². The molecule has 2 aromatic rings. The van der Waals surface area contributed by atoms with E-state index in [1.165, 1.54) is 22.2 Å². The van der Waals surface area contributed by atoms with Crippen LogP contribution in [-0.2, 0) is 28.0 Å². The van der Waals surface area contributed by atoms with Gasteiger partial charge in [-0.1, -0.05) is 50.5 Å². The first-order valence-corrected chi connectivity index (χ1v) is 11.3. The van der Waals surface area contributed by atoms with E-state index in [1.54, 1.807) is 7.11 Å². The van der Waals surface area contributed by atoms with Crippen molar-refractivity contribution in [3.05, 3.63) is 58.7 Å². The number of methoxy groups -OCH3 is 1. The smallest absolute Gasteiger partial charge is 0.307 e. The van der Waals surface area contributed by atoms with Crippen LogP contribution in [-0.4, -0.2) is 26.0 Å². The first-order valence-electron chi connectivity index (χ1n) is 11.3. The van der Waals surface area contributed by atoms with Gasteiger partial charge in [0.15, 0.2) is 0 Å². The number of carbonyl (C=O) groups is 1. The lowest BCUT2D eigenvalue weighted by Crippen LogP contribution is -2.26. The molecule has 0 saturated heterocycles. The van der Waals surface area contributed by atoms with Crippen LogP contribution in [0.2, 0.25) is 0 Å². The summed E-state index contributed by atoms with van der Waals surface area (Å²) in [6.07, 6.45) is 3.82. The summed E-state index contributed by atoms with van der Waals surface area (Å²) >= 11 is 0. The fourth-order valence-electron chi connectivity index (χ4n) is 5.43. The molecule has 0 radical (unpaired) electrons. The van der Waals surface area contributed by atoms with Crippen LogP contribution in [0.4, 0.5) is 0 Å². The molecular weight excluding hydrogens is 387 g/mol. The number of carboxylic acids is 1. The first kappa shape index (κ1) is 21.9. The molecule has 2 aromatic carbocycles. The number of benzene rings is 2. The monoisotopic (exact) mass is 420 g/mol. The summed E-state index contributed by atoms with van der Waals surface area (Å²) in [7, 11) is 3.89. The number of carboxylic acid groups (broad SMARTS) is 1. The molecule has 0 heterocycles. The van der Waals surface area contributed by atoms with E-state index in [1.807, 2.05) is 6.07 Å². The molecule has 4 nitrogen and oxygen atoms in total. The summed E-state index contributed by atoms with van der Waals surface area (Å²) < 4.78 is 12.0. The molecular formula is C26H33BO4. The van der Waals surface area contributed by atoms with Gasteiger partial charge in [-0.05, 0) is 65.5 Å². The second-order valence-corrected chi connectivity index (χ2v) is 10.4. The number of rotatable bonds is 6. The van der Waals surface area contributed by atoms with E-state index in [0.29, 0.717) is 6.61 Å². The zero-order chi connectivity index (χ0) is 22.4. The molecule has 0 amide bonds. The van der Waals surface area contributed by atoms with Crippen LogP contribution in [0.15, 0.2) is 36.4 Å². The van der Waals surface area contributed by atoms with Crippen molar-refractivity contribution in [2.45, 2.75) is 64.6 Å². The van der Waals surface area contributed by atoms with E-state index < -0.39 is 5.97 Å². The van der Waals surface area contributed by atoms with E-state index in [-0.39, 0.29) is 22.9 Å². The molecule has 4 rings (SSSR count). The second-order valence-electron chi connectivity index (χ2n) is 10.4. The molecule has 0 aromatic heterocycles. The normalized spacial score (nSPS) is 23.3. The Bertz CT molecular complexity index is 993. The maximum atomic E-state index is 11.6. The van der Waals surface area contributed by atoms with Crippen LogP contribution in [0.25, 0.3) is 0 Å². The molecule has 2 aliphatic rings. The van der Waals surface area contributed by atoms with Crippen molar-refractivity contribution in [1.82, 2.24) is 0 Å². The van der Waals surface area contributed by atoms with Crippen LogP contribution >= 0.6 is 0 Å². The van der Waals surface area contributed by atoms with E-state index >= 15 is 0 Å². The van der Waals surface area contributed by atoms with Crippen molar-refractivity contribution in [2.24, 2.45) is 11.3 Å². The summed E-state index contributed by atoms with van der Waals surface area (Å²) in [6, 6.07) is 12.7. The third-order valence-electron chi connectivity index (χ3n) is 7.11. The third kappa shape index (κ3) is 4.12. The molecule has 0 aliphatic heterocycles. The SMILES string of the molecule is Bc1ccc(COc2ccc3c(c2)[C@]2(CCC3)C[C@H]2C(=O)O)cc1[C@H](OC)C(C)(C)C. The van der Waals surface area contributed by atoms with Crippen molar-refractivity contribution >= 4 is 19.3 Å². The fraction of sp³-hybridized carbons (Fsp3) is 0.500. The van der Waals surface area contributed by atoms with Crippen molar-refractivity contribution in [2.75, 3.05) is 7.11 Å². The minimum absolute atomic E-state index is 0.00323. The van der Waals surface area contributed by atoms with Crippen LogP contribution < -0.4 is 10.2 Å². The highest BCUT2D eigenvalue weighted by atomic mass is 16.5. The number of aryl methyl sites for hydroxylation is 1. The standard InChI is InChI=1S/C26H33BO4/c1-25(2,3)23(30-4)19-12-16(7-10-22(19)27)15-31-18-9-8-17-6-5-11-26(20(17)13-18)14-21(26)24(28)29/h7-10,12-13,21,23H,5-6,11,14-15,27H2,1-4H3,(H,28,29)/t21-,23-,26-/m0/s1. The average Bonchev–Trinajstić information content (AvgIpc) is 3.43. The Balaban J connectivity index is 1.54. The van der Waals surface area contributed by atoms with Crippen molar-refractivity contribution in [3.63, 3.8) is 0 Å². The van der Waals surface area contributed by atoms with Gasteiger partial charge in [0.05, 0.1) is 12.0 Å². The van der Waals surface area contributed by atoms with Gasteiger partial charge in [0, 0.05) is 12.5 Å². The maximum absolute atomic E-state index is 11.6. The Morgan fingerprint density at radius 1 is 1.26 bits per heavy atom. The van der Waals surface area contributed by atoms with E-state index in [9.17, 15) is 9.90 Å². The molecule has 164 valence electrons. The van der Waals surface area contributed by atoms with Gasteiger partial charge in [-0.15, -0.1) is 0 Å². The van der Waals surface area contributed by atoms with Crippen LogP contribution in [0.1, 0.15) is 68.4 Å². The lowest BCUT2D eigenvalue weighted by atomic mass is 9.78. The number of aliphatic carboxylic acids is 1. The van der Waals surface area contributed by atoms with Gasteiger partial charge in [-0.2, -0.15) is 0 Å². The highest BCUT2D eigenvalue weighted by molar-refractivity contribution is 6.33. The first-order chi connectivity index (χ1) is 14.7. The molecule has 1 spiro atoms. The fourth-order valence-corrected chi connectivity index (χ4v) is 5.43. The number of ether oxygens (including phenoxy) is 2. The van der Waals surface area contributed by atoms with Gasteiger partial charge < -0.3 is 14.6 Å². The lowest BCUT2D eigenvalue weighted by molar-refractivity contribution is -0.139. The number of hydrogen-bond donors (Lipinski definition) is 1. The molecule has 0 bridgehead atoms. The Labute approximate surface area is 186 Å². The summed E-state index contributed by atoms with van der Waals surface area (Å²) in [4.78, 5) is 11.6. The number of hydrogen-bond acceptors (Lipinski definition) is 3. The predicted molar refractivity (Wildman–Crippen MR) is 125 cm³/mol. The highest BCUT2D eigenvalue weighted by Crippen LogP contribution is 2.60. The van der Waals surface area contributed by atoms with Crippen molar-refractivity contribution in [3.8, 4) is 5.75 Å². The molecule has 3 atom stereocenters. The van der Waals surface area contributed by atoms with E-state index in [2.05, 4.69) is 58.9 Å². The lowest BCUT2D eigenvalue weighted by Gasteiger charge is -2.31. The quantitative estimate of drug-likeness (QED) is 0.720. The Morgan fingerprint density at radius 3 is 2.68 bits per heavy atom. The average molecular weight is 420 g/mol. The molecule has 0 unspecified atom stereocenters. The van der Waals surface area contributed by atoms with Gasteiger partial charge in [-0.25, -0.2) is 0 Å². The molecule has 31 heavy (non-hydrogen) atoms. The molecule has 1 saturated carbocycles. The van der Waals surface area contributed by atoms with Gasteiger partial charge in [-0.3, -0.25) is 4.79 Å². The summed E-state index contributed by atoms with van der Waals surface area (Å²) in [6.45, 7) is 7.04. The molecule has 1 N–H and O–H groups in total. The Hall–Kier alpha value is -2.27. The minimum Gasteiger partial charge on any atom is -0.489 e. The van der Waals surface area contributed by atoms with Gasteiger partial charge >= 0.3 is 5.97 Å². The Morgan fingerprint density at radius 2 is 2.03 bits per heavy atom. The largest absolute Gasteiger partial charge is 0.489 e. The summed E-state index contributed by atoms with van der Waals surface area (Å²) in [5.41, 5.74) is 5.82. The van der Waals surface area contributed by atoms with Crippen LogP contribution in [0.5, 0.6) is 5.75 Å². The minimum atomic E-state index is -0.669. The predicted octanol–water partition coefficient (Wildman–Crippen LogP) is 3.94. The van der Waals surface area contributed by atoms with Crippen LogP contribution in [0, 0.1) is 11.3 Å². The third-order valence-corrected chi connectivity index (χ3v) is 7.11. The van der Waals surface area contributed by atoms with Gasteiger partial charge in [0.25, 0.3) is 0 Å². The van der Waals surface area contributed by atoms with E-state index in [0.717, 1.165) is 37.0 Å². The second kappa shape index (κ2) is 8.01. The van der Waals surface area contributed by atoms with Gasteiger partial charge in [0.2, 0.25) is 0 Å². The Kier molecular flexibility index (Phi) is 5.67. The summed E-state index contributed by atoms with van der Waals surface area (Å²) in [5, 5.41) is 9.55.